The van der Waals surface area contributed by atoms with Crippen molar-refractivity contribution in [2.75, 3.05) is 7.05 Å². The van der Waals surface area contributed by atoms with Gasteiger partial charge in [0.1, 0.15) is 5.03 Å². The van der Waals surface area contributed by atoms with Crippen molar-refractivity contribution in [3.8, 4) is 0 Å². The molecule has 0 spiro atoms. The van der Waals surface area contributed by atoms with Gasteiger partial charge < -0.3 is 4.90 Å². The Bertz CT molecular complexity index is 776. The van der Waals surface area contributed by atoms with Crippen LogP contribution in [0.15, 0.2) is 52.5 Å². The molecule has 4 rings (SSSR count). The van der Waals surface area contributed by atoms with Crippen molar-refractivity contribution in [1.82, 2.24) is 9.88 Å². The summed E-state index contributed by atoms with van der Waals surface area (Å²) in [6.45, 7) is 2.34. The second-order valence-electron chi connectivity index (χ2n) is 7.07. The van der Waals surface area contributed by atoms with Crippen LogP contribution in [0.3, 0.4) is 0 Å². The number of likely N-dealkylation sites (N-methyl/N-ethyl adjacent to an activating group) is 1. The van der Waals surface area contributed by atoms with Crippen LogP contribution in [0.4, 0.5) is 0 Å². The second kappa shape index (κ2) is 5.92. The summed E-state index contributed by atoms with van der Waals surface area (Å²) >= 11 is 1.71. The van der Waals surface area contributed by atoms with Gasteiger partial charge in [0, 0.05) is 36.0 Å². The fraction of sp³-hybridized carbons (Fsp3) is 0.400. The van der Waals surface area contributed by atoms with Gasteiger partial charge in [-0.1, -0.05) is 30.8 Å². The van der Waals surface area contributed by atoms with E-state index in [2.05, 4.69) is 30.1 Å². The van der Waals surface area contributed by atoms with Gasteiger partial charge in [-0.2, -0.15) is 0 Å². The van der Waals surface area contributed by atoms with Crippen molar-refractivity contribution in [3.05, 3.63) is 53.7 Å². The summed E-state index contributed by atoms with van der Waals surface area (Å²) in [6.07, 6.45) is 5.56. The highest BCUT2D eigenvalue weighted by Gasteiger charge is 2.46. The number of hydrogen-bond acceptors (Lipinski definition) is 3. The summed E-state index contributed by atoms with van der Waals surface area (Å²) < 4.78 is 0. The van der Waals surface area contributed by atoms with Crippen molar-refractivity contribution in [2.24, 2.45) is 0 Å². The topological polar surface area (TPSA) is 33.2 Å². The fourth-order valence-corrected chi connectivity index (χ4v) is 5.19. The van der Waals surface area contributed by atoms with E-state index in [1.165, 1.54) is 16.0 Å². The molecule has 1 unspecified atom stereocenters. The molecule has 1 aromatic heterocycles. The molecule has 4 heteroatoms. The molecule has 0 N–H and O–H groups in total. The first kappa shape index (κ1) is 15.7. The number of hydrogen-bond donors (Lipinski definition) is 0. The van der Waals surface area contributed by atoms with E-state index in [0.29, 0.717) is 18.4 Å². The van der Waals surface area contributed by atoms with Gasteiger partial charge in [-0.25, -0.2) is 4.98 Å². The number of piperidine rings is 1. The highest BCUT2D eigenvalue weighted by molar-refractivity contribution is 7.99. The molecule has 2 atom stereocenters. The van der Waals surface area contributed by atoms with Gasteiger partial charge in [0.05, 0.1) is 0 Å². The number of aromatic nitrogens is 1. The smallest absolute Gasteiger partial charge is 0.222 e. The molecule has 24 heavy (non-hydrogen) atoms. The predicted molar refractivity (Wildman–Crippen MR) is 96.3 cm³/mol. The van der Waals surface area contributed by atoms with Gasteiger partial charge in [-0.15, -0.1) is 0 Å². The van der Waals surface area contributed by atoms with Crippen LogP contribution in [0.2, 0.25) is 0 Å². The van der Waals surface area contributed by atoms with Crippen LogP contribution >= 0.6 is 11.8 Å². The van der Waals surface area contributed by atoms with Gasteiger partial charge in [-0.3, -0.25) is 4.79 Å². The summed E-state index contributed by atoms with van der Waals surface area (Å²) in [5, 5.41) is 1.03. The van der Waals surface area contributed by atoms with Crippen molar-refractivity contribution in [1.29, 1.82) is 0 Å². The fourth-order valence-electron chi connectivity index (χ4n) is 4.36. The predicted octanol–water partition coefficient (Wildman–Crippen LogP) is 4.06. The number of carbonyl (C=O) groups excluding carboxylic acids is 1. The summed E-state index contributed by atoms with van der Waals surface area (Å²) in [4.78, 5) is 19.7. The van der Waals surface area contributed by atoms with Crippen molar-refractivity contribution < 1.29 is 4.79 Å². The molecule has 0 bridgehead atoms. The standard InChI is InChI=1S/C20H22N2OS/c1-20-11-10-19(23)22(2)17(20)9-6-14-13-15(7-8-16(14)20)24-18-5-3-4-12-21-18/h3-5,7-8,12-13,17H,6,9-11H2,1-2H3/t17?,20-/m1/s1. The minimum absolute atomic E-state index is 0.0877. The van der Waals surface area contributed by atoms with Crippen LogP contribution in [0.5, 0.6) is 0 Å². The average molecular weight is 338 g/mol. The van der Waals surface area contributed by atoms with E-state index in [1.54, 1.807) is 11.8 Å². The normalized spacial score (nSPS) is 26.0. The zero-order valence-corrected chi connectivity index (χ0v) is 15.0. The number of nitrogens with zero attached hydrogens (tertiary/aromatic N) is 2. The van der Waals surface area contributed by atoms with Gasteiger partial charge in [0.15, 0.2) is 0 Å². The van der Waals surface area contributed by atoms with Crippen molar-refractivity contribution in [2.45, 2.75) is 54.0 Å². The highest BCUT2D eigenvalue weighted by Crippen LogP contribution is 2.46. The van der Waals surface area contributed by atoms with Crippen molar-refractivity contribution in [3.63, 3.8) is 0 Å². The second-order valence-corrected chi connectivity index (χ2v) is 8.16. The lowest BCUT2D eigenvalue weighted by atomic mass is 9.63. The van der Waals surface area contributed by atoms with E-state index in [0.717, 1.165) is 24.3 Å². The van der Waals surface area contributed by atoms with Crippen LogP contribution in [0.1, 0.15) is 37.3 Å². The molecular formula is C20H22N2OS. The first-order chi connectivity index (χ1) is 11.6. The third kappa shape index (κ3) is 2.53. The highest BCUT2D eigenvalue weighted by atomic mass is 32.2. The zero-order valence-electron chi connectivity index (χ0n) is 14.2. The minimum atomic E-state index is 0.0877. The van der Waals surface area contributed by atoms with E-state index >= 15 is 0 Å². The summed E-state index contributed by atoms with van der Waals surface area (Å²) in [5.74, 6) is 0.295. The Balaban J connectivity index is 1.66. The van der Waals surface area contributed by atoms with E-state index in [-0.39, 0.29) is 5.41 Å². The van der Waals surface area contributed by atoms with Crippen LogP contribution < -0.4 is 0 Å². The van der Waals surface area contributed by atoms with Crippen LogP contribution in [0.25, 0.3) is 0 Å². The molecule has 1 saturated heterocycles. The molecule has 1 fully saturated rings. The maximum absolute atomic E-state index is 12.1. The minimum Gasteiger partial charge on any atom is -0.342 e. The molecule has 2 aliphatic rings. The van der Waals surface area contributed by atoms with E-state index in [9.17, 15) is 4.79 Å². The lowest BCUT2D eigenvalue weighted by Crippen LogP contribution is -2.56. The molecule has 1 amide bonds. The van der Waals surface area contributed by atoms with Gasteiger partial charge in [0.2, 0.25) is 5.91 Å². The van der Waals surface area contributed by atoms with Gasteiger partial charge >= 0.3 is 0 Å². The Hall–Kier alpha value is -1.81. The third-order valence-corrected chi connectivity index (χ3v) is 6.63. The molecule has 124 valence electrons. The van der Waals surface area contributed by atoms with Crippen LogP contribution in [0, 0.1) is 0 Å². The summed E-state index contributed by atoms with van der Waals surface area (Å²) in [6, 6.07) is 13.2. The lowest BCUT2D eigenvalue weighted by molar-refractivity contribution is -0.138. The molecule has 0 saturated carbocycles. The van der Waals surface area contributed by atoms with Gasteiger partial charge in [-0.05, 0) is 54.7 Å². The number of benzene rings is 1. The average Bonchev–Trinajstić information content (AvgIpc) is 2.59. The Morgan fingerprint density at radius 3 is 2.92 bits per heavy atom. The number of aryl methyl sites for hydroxylation is 1. The first-order valence-electron chi connectivity index (χ1n) is 8.56. The quantitative estimate of drug-likeness (QED) is 0.828. The Morgan fingerprint density at radius 2 is 2.12 bits per heavy atom. The Labute approximate surface area is 147 Å². The molecule has 3 nitrogen and oxygen atoms in total. The molecule has 1 aliphatic heterocycles. The number of fused-ring (bicyclic) bond motifs is 3. The monoisotopic (exact) mass is 338 g/mol. The van der Waals surface area contributed by atoms with E-state index in [4.69, 9.17) is 0 Å². The summed E-state index contributed by atoms with van der Waals surface area (Å²) in [7, 11) is 1.97. The maximum Gasteiger partial charge on any atom is 0.222 e. The zero-order chi connectivity index (χ0) is 16.7. The van der Waals surface area contributed by atoms with E-state index < -0.39 is 0 Å². The van der Waals surface area contributed by atoms with Crippen LogP contribution in [-0.4, -0.2) is 28.9 Å². The van der Waals surface area contributed by atoms with Crippen molar-refractivity contribution >= 4 is 17.7 Å². The SMILES string of the molecule is CN1C(=O)CC[C@]2(C)c3ccc(Sc4ccccn4)cc3CCC12. The molecule has 2 heterocycles. The molecule has 0 radical (unpaired) electrons. The molecule has 1 aromatic carbocycles. The first-order valence-corrected chi connectivity index (χ1v) is 9.37. The number of amides is 1. The lowest BCUT2D eigenvalue weighted by Gasteiger charge is -2.50. The van der Waals surface area contributed by atoms with Gasteiger partial charge in [0.25, 0.3) is 0 Å². The number of likely N-dealkylation sites (tertiary alicyclic amines) is 1. The van der Waals surface area contributed by atoms with E-state index in [1.807, 2.05) is 36.3 Å². The summed E-state index contributed by atoms with van der Waals surface area (Å²) in [5.41, 5.74) is 2.96. The maximum atomic E-state index is 12.1. The number of carbonyl (C=O) groups is 1. The molecular weight excluding hydrogens is 316 g/mol. The molecule has 1 aliphatic carbocycles. The Kier molecular flexibility index (Phi) is 3.87. The Morgan fingerprint density at radius 1 is 1.25 bits per heavy atom. The molecule has 2 aromatic rings. The number of pyridine rings is 1. The number of rotatable bonds is 2. The largest absolute Gasteiger partial charge is 0.342 e. The third-order valence-electron chi connectivity index (χ3n) is 5.69. The van der Waals surface area contributed by atoms with Crippen LogP contribution in [-0.2, 0) is 16.6 Å².